The summed E-state index contributed by atoms with van der Waals surface area (Å²) in [6.45, 7) is -0.178. The zero-order valence-electron chi connectivity index (χ0n) is 10.3. The molecular formula is C13H15F4NO. The van der Waals surface area contributed by atoms with Gasteiger partial charge in [0.15, 0.2) is 11.6 Å². The maximum atomic E-state index is 13.2. The predicted octanol–water partition coefficient (Wildman–Crippen LogP) is 3.27. The zero-order valence-corrected chi connectivity index (χ0v) is 10.3. The number of halogens is 4. The Hall–Kier alpha value is -1.30. The van der Waals surface area contributed by atoms with Crippen molar-refractivity contribution in [3.05, 3.63) is 29.6 Å². The lowest BCUT2D eigenvalue weighted by Gasteiger charge is -2.32. The maximum absolute atomic E-state index is 13.2. The molecule has 1 fully saturated rings. The fourth-order valence-corrected chi connectivity index (χ4v) is 2.46. The number of nitrogens with zero attached hydrogens (tertiary/aromatic N) is 1. The minimum atomic E-state index is -4.17. The summed E-state index contributed by atoms with van der Waals surface area (Å²) in [6.07, 6.45) is -3.03. The number of rotatable bonds is 2. The van der Waals surface area contributed by atoms with E-state index in [0.717, 1.165) is 5.56 Å². The second-order valence-corrected chi connectivity index (χ2v) is 4.88. The first-order chi connectivity index (χ1) is 8.85. The molecule has 19 heavy (non-hydrogen) atoms. The van der Waals surface area contributed by atoms with Crippen molar-refractivity contribution in [2.75, 3.05) is 19.6 Å². The van der Waals surface area contributed by atoms with Crippen molar-refractivity contribution in [3.63, 3.8) is 0 Å². The first-order valence-electron chi connectivity index (χ1n) is 6.12. The summed E-state index contributed by atoms with van der Waals surface area (Å²) in [6, 6.07) is 4.18. The van der Waals surface area contributed by atoms with Gasteiger partial charge in [0.2, 0.25) is 0 Å². The van der Waals surface area contributed by atoms with E-state index in [2.05, 4.69) is 0 Å². The van der Waals surface area contributed by atoms with Crippen LogP contribution in [0.3, 0.4) is 0 Å². The monoisotopic (exact) mass is 277 g/mol. The predicted molar refractivity (Wildman–Crippen MR) is 62.5 cm³/mol. The van der Waals surface area contributed by atoms with E-state index in [1.807, 2.05) is 0 Å². The highest BCUT2D eigenvalue weighted by molar-refractivity contribution is 5.30. The molecule has 1 aromatic rings. The summed E-state index contributed by atoms with van der Waals surface area (Å²) in [7, 11) is 0. The van der Waals surface area contributed by atoms with E-state index >= 15 is 0 Å². The van der Waals surface area contributed by atoms with E-state index in [9.17, 15) is 17.6 Å². The Morgan fingerprint density at radius 1 is 1.21 bits per heavy atom. The molecular weight excluding hydrogens is 262 g/mol. The van der Waals surface area contributed by atoms with Gasteiger partial charge in [0.1, 0.15) is 0 Å². The van der Waals surface area contributed by atoms with E-state index in [0.29, 0.717) is 25.9 Å². The highest BCUT2D eigenvalue weighted by Gasteiger charge is 2.32. The van der Waals surface area contributed by atoms with Crippen LogP contribution in [0.15, 0.2) is 18.2 Å². The molecule has 0 aromatic heterocycles. The molecule has 6 heteroatoms. The van der Waals surface area contributed by atoms with Gasteiger partial charge in [0.25, 0.3) is 0 Å². The lowest BCUT2D eigenvalue weighted by molar-refractivity contribution is -0.147. The van der Waals surface area contributed by atoms with Crippen molar-refractivity contribution < 1.29 is 22.7 Å². The van der Waals surface area contributed by atoms with Gasteiger partial charge in [-0.1, -0.05) is 6.07 Å². The lowest BCUT2D eigenvalue weighted by atomic mass is 9.89. The maximum Gasteiger partial charge on any atom is 0.401 e. The molecule has 106 valence electrons. The molecule has 0 atom stereocenters. The molecule has 1 saturated heterocycles. The van der Waals surface area contributed by atoms with Gasteiger partial charge in [-0.25, -0.2) is 4.39 Å². The van der Waals surface area contributed by atoms with E-state index < -0.39 is 24.3 Å². The fraction of sp³-hybridized carbons (Fsp3) is 0.538. The standard InChI is InChI=1S/C13H15F4NO/c14-11-7-10(1-2-12(11)19)9-3-5-18(6-4-9)8-13(15,16)17/h1-2,7,9,19H,3-6,8H2. The quantitative estimate of drug-likeness (QED) is 0.839. The summed E-state index contributed by atoms with van der Waals surface area (Å²) in [5.41, 5.74) is 0.738. The normalized spacial score (nSPS) is 18.7. The molecule has 2 rings (SSSR count). The number of hydrogen-bond donors (Lipinski definition) is 1. The molecule has 2 nitrogen and oxygen atoms in total. The average Bonchev–Trinajstić information content (AvgIpc) is 2.32. The van der Waals surface area contributed by atoms with Gasteiger partial charge in [0, 0.05) is 0 Å². The topological polar surface area (TPSA) is 23.5 Å². The van der Waals surface area contributed by atoms with Crippen LogP contribution in [0.2, 0.25) is 0 Å². The summed E-state index contributed by atoms with van der Waals surface area (Å²) in [5, 5.41) is 9.10. The van der Waals surface area contributed by atoms with Crippen molar-refractivity contribution in [2.45, 2.75) is 24.9 Å². The molecule has 0 bridgehead atoms. The third-order valence-electron chi connectivity index (χ3n) is 3.43. The van der Waals surface area contributed by atoms with Crippen LogP contribution >= 0.6 is 0 Å². The van der Waals surface area contributed by atoms with Gasteiger partial charge in [-0.05, 0) is 49.5 Å². The first-order valence-corrected chi connectivity index (χ1v) is 6.12. The van der Waals surface area contributed by atoms with Crippen LogP contribution in [0.25, 0.3) is 0 Å². The Labute approximate surface area is 108 Å². The molecule has 1 aliphatic heterocycles. The Morgan fingerprint density at radius 3 is 2.37 bits per heavy atom. The molecule has 0 unspecified atom stereocenters. The summed E-state index contributed by atoms with van der Waals surface area (Å²) < 4.78 is 49.9. The number of phenolic OH excluding ortho intramolecular Hbond substituents is 1. The van der Waals surface area contributed by atoms with Crippen molar-refractivity contribution in [1.29, 1.82) is 0 Å². The average molecular weight is 277 g/mol. The van der Waals surface area contributed by atoms with Gasteiger partial charge in [-0.15, -0.1) is 0 Å². The second-order valence-electron chi connectivity index (χ2n) is 4.88. The molecule has 0 amide bonds. The number of phenols is 1. The molecule has 0 spiro atoms. The van der Waals surface area contributed by atoms with E-state index in [4.69, 9.17) is 5.11 Å². The fourth-order valence-electron chi connectivity index (χ4n) is 2.46. The Bertz CT molecular complexity index is 439. The summed E-state index contributed by atoms with van der Waals surface area (Å²) >= 11 is 0. The van der Waals surface area contributed by atoms with Gasteiger partial charge < -0.3 is 5.11 Å². The van der Waals surface area contributed by atoms with Crippen molar-refractivity contribution in [2.24, 2.45) is 0 Å². The number of piperidine rings is 1. The highest BCUT2D eigenvalue weighted by Crippen LogP contribution is 2.31. The van der Waals surface area contributed by atoms with Gasteiger partial charge in [-0.3, -0.25) is 4.90 Å². The van der Waals surface area contributed by atoms with Crippen LogP contribution in [0.5, 0.6) is 5.75 Å². The van der Waals surface area contributed by atoms with Crippen LogP contribution in [-0.4, -0.2) is 35.8 Å². The first kappa shape index (κ1) is 14.1. The van der Waals surface area contributed by atoms with Gasteiger partial charge >= 0.3 is 6.18 Å². The van der Waals surface area contributed by atoms with Gasteiger partial charge in [-0.2, -0.15) is 13.2 Å². The summed E-state index contributed by atoms with van der Waals surface area (Å²) in [4.78, 5) is 1.37. The van der Waals surface area contributed by atoms with Crippen LogP contribution < -0.4 is 0 Å². The minimum Gasteiger partial charge on any atom is -0.505 e. The van der Waals surface area contributed by atoms with Crippen LogP contribution in [0.1, 0.15) is 24.3 Å². The van der Waals surface area contributed by atoms with E-state index in [1.165, 1.54) is 17.0 Å². The van der Waals surface area contributed by atoms with Crippen LogP contribution in [-0.2, 0) is 0 Å². The molecule has 1 aliphatic rings. The third kappa shape index (κ3) is 3.83. The molecule has 1 N–H and O–H groups in total. The molecule has 1 heterocycles. The largest absolute Gasteiger partial charge is 0.505 e. The highest BCUT2D eigenvalue weighted by atomic mass is 19.4. The lowest BCUT2D eigenvalue weighted by Crippen LogP contribution is -2.39. The molecule has 1 aromatic carbocycles. The Morgan fingerprint density at radius 2 is 1.84 bits per heavy atom. The van der Waals surface area contributed by atoms with Gasteiger partial charge in [0.05, 0.1) is 6.54 Å². The smallest absolute Gasteiger partial charge is 0.401 e. The number of hydrogen-bond acceptors (Lipinski definition) is 2. The SMILES string of the molecule is Oc1ccc(C2CCN(CC(F)(F)F)CC2)cc1F. The van der Waals surface area contributed by atoms with Crippen LogP contribution in [0, 0.1) is 5.82 Å². The number of benzene rings is 1. The third-order valence-corrected chi connectivity index (χ3v) is 3.43. The number of alkyl halides is 3. The van der Waals surface area contributed by atoms with Crippen molar-refractivity contribution in [3.8, 4) is 5.75 Å². The number of aromatic hydroxyl groups is 1. The molecule has 0 saturated carbocycles. The van der Waals surface area contributed by atoms with Crippen molar-refractivity contribution in [1.82, 2.24) is 4.90 Å². The summed E-state index contributed by atoms with van der Waals surface area (Å²) in [5.74, 6) is -1.03. The molecule has 0 aliphatic carbocycles. The zero-order chi connectivity index (χ0) is 14.0. The van der Waals surface area contributed by atoms with Crippen molar-refractivity contribution >= 4 is 0 Å². The Balaban J connectivity index is 1.94. The van der Waals surface area contributed by atoms with E-state index in [1.54, 1.807) is 6.07 Å². The Kier molecular flexibility index (Phi) is 3.99. The minimum absolute atomic E-state index is 0.0552. The van der Waals surface area contributed by atoms with Crippen LogP contribution in [0.4, 0.5) is 17.6 Å². The van der Waals surface area contributed by atoms with E-state index in [-0.39, 0.29) is 5.92 Å². The second kappa shape index (κ2) is 5.36. The number of likely N-dealkylation sites (tertiary alicyclic amines) is 1. The molecule has 0 radical (unpaired) electrons.